The van der Waals surface area contributed by atoms with Crippen molar-refractivity contribution < 1.29 is 22.7 Å². The van der Waals surface area contributed by atoms with Gasteiger partial charge in [0, 0.05) is 12.6 Å². The average molecular weight is 578 g/mol. The molecule has 0 saturated heterocycles. The Labute approximate surface area is 243 Å². The van der Waals surface area contributed by atoms with Crippen LogP contribution < -0.4 is 14.4 Å². The zero-order chi connectivity index (χ0) is 29.2. The SMILES string of the molecule is CC(C(=O)NC1CCCCC1)N(CCc1ccccc1)C(=O)CN(c1ccc(Oc2ccccc2)cc1)S(C)(=O)=O. The number of amides is 2. The lowest BCUT2D eigenvalue weighted by Crippen LogP contribution is -2.53. The van der Waals surface area contributed by atoms with Gasteiger partial charge >= 0.3 is 0 Å². The number of nitrogens with zero attached hydrogens (tertiary/aromatic N) is 2. The van der Waals surface area contributed by atoms with Crippen LogP contribution in [0.15, 0.2) is 84.9 Å². The molecule has 1 aliphatic carbocycles. The summed E-state index contributed by atoms with van der Waals surface area (Å²) in [5.41, 5.74) is 1.36. The molecular weight excluding hydrogens is 538 g/mol. The van der Waals surface area contributed by atoms with E-state index in [1.165, 1.54) is 11.3 Å². The first-order valence-electron chi connectivity index (χ1n) is 14.1. The molecule has 0 aromatic heterocycles. The second-order valence-corrected chi connectivity index (χ2v) is 12.4. The minimum absolute atomic E-state index is 0.105. The van der Waals surface area contributed by atoms with E-state index < -0.39 is 28.5 Å². The highest BCUT2D eigenvalue weighted by Gasteiger charge is 2.31. The van der Waals surface area contributed by atoms with E-state index in [1.807, 2.05) is 60.7 Å². The zero-order valence-corrected chi connectivity index (χ0v) is 24.6. The molecular formula is C32H39N3O5S. The van der Waals surface area contributed by atoms with Gasteiger partial charge in [0.15, 0.2) is 0 Å². The molecule has 0 spiro atoms. The van der Waals surface area contributed by atoms with Crippen LogP contribution in [0.1, 0.15) is 44.6 Å². The Balaban J connectivity index is 1.51. The molecule has 1 atom stereocenters. The van der Waals surface area contributed by atoms with Crippen LogP contribution in [0.25, 0.3) is 0 Å². The number of rotatable bonds is 12. The maximum Gasteiger partial charge on any atom is 0.244 e. The van der Waals surface area contributed by atoms with Crippen molar-refractivity contribution in [2.75, 3.05) is 23.7 Å². The number of hydrogen-bond donors (Lipinski definition) is 1. The normalized spacial score (nSPS) is 14.6. The molecule has 3 aromatic rings. The largest absolute Gasteiger partial charge is 0.457 e. The van der Waals surface area contributed by atoms with Gasteiger partial charge in [-0.1, -0.05) is 67.8 Å². The molecule has 2 amide bonds. The predicted octanol–water partition coefficient (Wildman–Crippen LogP) is 5.15. The summed E-state index contributed by atoms with van der Waals surface area (Å²) in [7, 11) is -3.81. The third kappa shape index (κ3) is 8.82. The Morgan fingerprint density at radius 1 is 0.878 bits per heavy atom. The number of hydrogen-bond acceptors (Lipinski definition) is 5. The van der Waals surface area contributed by atoms with E-state index in [-0.39, 0.29) is 18.5 Å². The highest BCUT2D eigenvalue weighted by atomic mass is 32.2. The molecule has 0 radical (unpaired) electrons. The van der Waals surface area contributed by atoms with Crippen LogP contribution in [0.2, 0.25) is 0 Å². The second kappa shape index (κ2) is 14.2. The zero-order valence-electron chi connectivity index (χ0n) is 23.7. The first-order valence-corrected chi connectivity index (χ1v) is 16.0. The van der Waals surface area contributed by atoms with Crippen LogP contribution in [0.5, 0.6) is 11.5 Å². The molecule has 9 heteroatoms. The van der Waals surface area contributed by atoms with Gasteiger partial charge in [-0.25, -0.2) is 8.42 Å². The summed E-state index contributed by atoms with van der Waals surface area (Å²) in [5, 5.41) is 3.11. The second-order valence-electron chi connectivity index (χ2n) is 10.5. The quantitative estimate of drug-likeness (QED) is 0.321. The number of carbonyl (C=O) groups is 2. The fraction of sp³-hybridized carbons (Fsp3) is 0.375. The van der Waals surface area contributed by atoms with Crippen molar-refractivity contribution in [1.29, 1.82) is 0 Å². The highest BCUT2D eigenvalue weighted by Crippen LogP contribution is 2.26. The number of ether oxygens (including phenoxy) is 1. The third-order valence-electron chi connectivity index (χ3n) is 7.39. The first-order chi connectivity index (χ1) is 19.7. The summed E-state index contributed by atoms with van der Waals surface area (Å²) in [6.45, 7) is 1.57. The monoisotopic (exact) mass is 577 g/mol. The predicted molar refractivity (Wildman–Crippen MR) is 161 cm³/mol. The van der Waals surface area contributed by atoms with Crippen LogP contribution in [0.4, 0.5) is 5.69 Å². The number of para-hydroxylation sites is 1. The standard InChI is InChI=1S/C32H39N3O5S/c1-25(32(37)33-27-14-8-4-9-15-27)34(23-22-26-12-6-3-7-13-26)31(36)24-35(41(2,38)39)28-18-20-30(21-19-28)40-29-16-10-5-11-17-29/h3,5-7,10-13,16-21,25,27H,4,8-9,14-15,22-24H2,1-2H3,(H,33,37). The van der Waals surface area contributed by atoms with Crippen LogP contribution >= 0.6 is 0 Å². The summed E-state index contributed by atoms with van der Waals surface area (Å²) < 4.78 is 32.6. The van der Waals surface area contributed by atoms with Gasteiger partial charge in [0.1, 0.15) is 24.1 Å². The Morgan fingerprint density at radius 2 is 1.46 bits per heavy atom. The fourth-order valence-corrected chi connectivity index (χ4v) is 5.91. The molecule has 1 saturated carbocycles. The topological polar surface area (TPSA) is 96.0 Å². The highest BCUT2D eigenvalue weighted by molar-refractivity contribution is 7.92. The molecule has 4 rings (SSSR count). The Bertz CT molecular complexity index is 1380. The van der Waals surface area contributed by atoms with Gasteiger partial charge in [-0.05, 0) is 68.1 Å². The van der Waals surface area contributed by atoms with Crippen molar-refractivity contribution in [3.05, 3.63) is 90.5 Å². The van der Waals surface area contributed by atoms with Crippen LogP contribution in [0, 0.1) is 0 Å². The van der Waals surface area contributed by atoms with Crippen molar-refractivity contribution in [1.82, 2.24) is 10.2 Å². The summed E-state index contributed by atoms with van der Waals surface area (Å²) in [6.07, 6.45) is 6.80. The van der Waals surface area contributed by atoms with Gasteiger partial charge in [0.05, 0.1) is 11.9 Å². The van der Waals surface area contributed by atoms with Gasteiger partial charge in [0.2, 0.25) is 21.8 Å². The lowest BCUT2D eigenvalue weighted by Gasteiger charge is -2.33. The molecule has 1 unspecified atom stereocenters. The molecule has 1 fully saturated rings. The Hall–Kier alpha value is -3.85. The maximum atomic E-state index is 13.8. The molecule has 1 N–H and O–H groups in total. The minimum Gasteiger partial charge on any atom is -0.457 e. The Morgan fingerprint density at radius 3 is 2.07 bits per heavy atom. The lowest BCUT2D eigenvalue weighted by molar-refractivity contribution is -0.139. The van der Waals surface area contributed by atoms with Gasteiger partial charge in [0.25, 0.3) is 0 Å². The summed E-state index contributed by atoms with van der Waals surface area (Å²) in [6, 6.07) is 24.9. The van der Waals surface area contributed by atoms with E-state index in [4.69, 9.17) is 4.74 Å². The number of nitrogens with one attached hydrogen (secondary N) is 1. The van der Waals surface area contributed by atoms with Gasteiger partial charge < -0.3 is 15.0 Å². The Kier molecular flexibility index (Phi) is 10.4. The molecule has 0 heterocycles. The van der Waals surface area contributed by atoms with Crippen LogP contribution in [-0.4, -0.2) is 56.6 Å². The maximum absolute atomic E-state index is 13.8. The summed E-state index contributed by atoms with van der Waals surface area (Å²) >= 11 is 0. The molecule has 41 heavy (non-hydrogen) atoms. The van der Waals surface area contributed by atoms with Crippen molar-refractivity contribution in [2.45, 2.75) is 57.5 Å². The smallest absolute Gasteiger partial charge is 0.244 e. The van der Waals surface area contributed by atoms with Crippen LogP contribution in [0.3, 0.4) is 0 Å². The van der Waals surface area contributed by atoms with Gasteiger partial charge in [-0.15, -0.1) is 0 Å². The first kappa shape index (κ1) is 30.1. The molecule has 3 aromatic carbocycles. The molecule has 8 nitrogen and oxygen atoms in total. The number of benzene rings is 3. The number of anilines is 1. The van der Waals surface area contributed by atoms with Crippen LogP contribution in [-0.2, 0) is 26.0 Å². The van der Waals surface area contributed by atoms with E-state index in [0.717, 1.165) is 41.8 Å². The molecule has 1 aliphatic rings. The molecule has 218 valence electrons. The number of sulfonamides is 1. The average Bonchev–Trinajstić information content (AvgIpc) is 2.97. The van der Waals surface area contributed by atoms with E-state index in [0.29, 0.717) is 23.6 Å². The van der Waals surface area contributed by atoms with Crippen molar-refractivity contribution in [3.63, 3.8) is 0 Å². The van der Waals surface area contributed by atoms with Crippen molar-refractivity contribution in [3.8, 4) is 11.5 Å². The van der Waals surface area contributed by atoms with Crippen molar-refractivity contribution >= 4 is 27.5 Å². The fourth-order valence-electron chi connectivity index (χ4n) is 5.06. The summed E-state index contributed by atoms with van der Waals surface area (Å²) in [4.78, 5) is 28.5. The number of carbonyl (C=O) groups excluding carboxylic acids is 2. The minimum atomic E-state index is -3.81. The van der Waals surface area contributed by atoms with Gasteiger partial charge in [-0.2, -0.15) is 0 Å². The van der Waals surface area contributed by atoms with E-state index in [2.05, 4.69) is 5.32 Å². The van der Waals surface area contributed by atoms with E-state index in [9.17, 15) is 18.0 Å². The summed E-state index contributed by atoms with van der Waals surface area (Å²) in [5.74, 6) is 0.538. The lowest BCUT2D eigenvalue weighted by atomic mass is 9.95. The van der Waals surface area contributed by atoms with Crippen molar-refractivity contribution in [2.24, 2.45) is 0 Å². The van der Waals surface area contributed by atoms with E-state index in [1.54, 1.807) is 31.2 Å². The van der Waals surface area contributed by atoms with Gasteiger partial charge in [-0.3, -0.25) is 13.9 Å². The molecule has 0 aliphatic heterocycles. The molecule has 0 bridgehead atoms. The third-order valence-corrected chi connectivity index (χ3v) is 8.53. The van der Waals surface area contributed by atoms with E-state index >= 15 is 0 Å².